The quantitative estimate of drug-likeness (QED) is 0.282. The van der Waals surface area contributed by atoms with Crippen molar-refractivity contribution in [1.29, 1.82) is 0 Å². The highest BCUT2D eigenvalue weighted by atomic mass is 32.2. The monoisotopic (exact) mass is 486 g/mol. The minimum Gasteiger partial charge on any atom is -0.422 e. The molecule has 0 aliphatic rings. The van der Waals surface area contributed by atoms with E-state index in [1.807, 2.05) is 30.3 Å². The van der Waals surface area contributed by atoms with Crippen LogP contribution in [-0.2, 0) is 10.0 Å². The van der Waals surface area contributed by atoms with Gasteiger partial charge < -0.3 is 9.73 Å². The second-order valence-corrected chi connectivity index (χ2v) is 9.43. The minimum absolute atomic E-state index is 0.0436. The van der Waals surface area contributed by atoms with E-state index in [0.717, 1.165) is 10.8 Å². The number of amides is 1. The van der Waals surface area contributed by atoms with Crippen LogP contribution in [-0.4, -0.2) is 24.3 Å². The molecule has 2 heterocycles. The van der Waals surface area contributed by atoms with Gasteiger partial charge in [-0.05, 0) is 60.2 Å². The molecule has 0 aliphatic heterocycles. The van der Waals surface area contributed by atoms with Crippen molar-refractivity contribution < 1.29 is 17.6 Å². The molecule has 1 amide bonds. The van der Waals surface area contributed by atoms with Crippen LogP contribution < -0.4 is 15.7 Å². The average Bonchev–Trinajstić information content (AvgIpc) is 2.83. The first-order valence-corrected chi connectivity index (χ1v) is 12.0. The van der Waals surface area contributed by atoms with Crippen LogP contribution in [0.2, 0.25) is 0 Å². The van der Waals surface area contributed by atoms with Crippen molar-refractivity contribution in [2.24, 2.45) is 0 Å². The fourth-order valence-corrected chi connectivity index (χ4v) is 4.57. The topological polar surface area (TPSA) is 131 Å². The molecule has 5 rings (SSSR count). The summed E-state index contributed by atoms with van der Waals surface area (Å²) >= 11 is 0. The molecule has 0 fully saturated rings. The lowest BCUT2D eigenvalue weighted by molar-refractivity contribution is 0.102. The number of fused-ring (bicyclic) bond motifs is 3. The summed E-state index contributed by atoms with van der Waals surface area (Å²) in [5, 5.41) is 5.04. The normalized spacial score (nSPS) is 11.5. The molecule has 0 bridgehead atoms. The third kappa shape index (κ3) is 4.46. The van der Waals surface area contributed by atoms with E-state index in [1.165, 1.54) is 36.5 Å². The number of hydrogen-bond donors (Lipinski definition) is 2. The number of hydrogen-bond acceptors (Lipinski definition) is 7. The highest BCUT2D eigenvalue weighted by Gasteiger charge is 2.18. The Morgan fingerprint density at radius 3 is 2.49 bits per heavy atom. The van der Waals surface area contributed by atoms with Crippen LogP contribution in [0.3, 0.4) is 0 Å². The van der Waals surface area contributed by atoms with Crippen molar-refractivity contribution in [3.05, 3.63) is 101 Å². The number of carbonyl (C=O) groups is 1. The van der Waals surface area contributed by atoms with Gasteiger partial charge in [0.1, 0.15) is 11.1 Å². The van der Waals surface area contributed by atoms with Crippen LogP contribution in [0.1, 0.15) is 16.1 Å². The maximum absolute atomic E-state index is 12.9. The maximum atomic E-state index is 12.9. The molecule has 5 aromatic rings. The van der Waals surface area contributed by atoms with E-state index in [0.29, 0.717) is 22.4 Å². The Kier molecular flexibility index (Phi) is 5.50. The van der Waals surface area contributed by atoms with Gasteiger partial charge in [-0.1, -0.05) is 30.3 Å². The molecule has 0 unspecified atom stereocenters. The summed E-state index contributed by atoms with van der Waals surface area (Å²) in [6, 6.07) is 19.7. The largest absolute Gasteiger partial charge is 0.422 e. The van der Waals surface area contributed by atoms with Gasteiger partial charge in [0.2, 0.25) is 5.95 Å². The number of aryl methyl sites for hydroxylation is 1. The summed E-state index contributed by atoms with van der Waals surface area (Å²) < 4.78 is 32.9. The zero-order valence-electron chi connectivity index (χ0n) is 18.3. The number of nitrogens with zero attached hydrogens (tertiary/aromatic N) is 2. The Hall–Kier alpha value is -4.57. The predicted molar refractivity (Wildman–Crippen MR) is 132 cm³/mol. The SMILES string of the molecule is Cc1ccnc(NS(=O)(=O)c2ccc(NC(=O)c3cc4c(ccc5ccccc54)oc3=O)cc2)n1. The average molecular weight is 487 g/mol. The molecule has 9 nitrogen and oxygen atoms in total. The second kappa shape index (κ2) is 8.65. The maximum Gasteiger partial charge on any atom is 0.349 e. The van der Waals surface area contributed by atoms with E-state index in [9.17, 15) is 18.0 Å². The van der Waals surface area contributed by atoms with Crippen molar-refractivity contribution >= 4 is 49.3 Å². The highest BCUT2D eigenvalue weighted by molar-refractivity contribution is 7.92. The van der Waals surface area contributed by atoms with E-state index in [-0.39, 0.29) is 16.4 Å². The summed E-state index contributed by atoms with van der Waals surface area (Å²) in [7, 11) is -3.93. The standard InChI is InChI=1S/C25H18N4O5S/c1-15-12-13-26-25(27-15)29-35(32,33)18-9-7-17(8-10-18)28-23(30)21-14-20-19-5-3-2-4-16(19)6-11-22(20)34-24(21)31/h2-14H,1H3,(H,28,30)(H,26,27,29). The Morgan fingerprint density at radius 1 is 0.943 bits per heavy atom. The first-order valence-electron chi connectivity index (χ1n) is 10.5. The van der Waals surface area contributed by atoms with Crippen LogP contribution in [0.15, 0.2) is 93.1 Å². The van der Waals surface area contributed by atoms with Crippen molar-refractivity contribution in [1.82, 2.24) is 9.97 Å². The zero-order valence-corrected chi connectivity index (χ0v) is 19.2. The number of benzene rings is 3. The molecule has 0 atom stereocenters. The Labute approximate surface area is 199 Å². The van der Waals surface area contributed by atoms with Gasteiger partial charge in [0.25, 0.3) is 15.9 Å². The van der Waals surface area contributed by atoms with Crippen LogP contribution in [0.4, 0.5) is 11.6 Å². The highest BCUT2D eigenvalue weighted by Crippen LogP contribution is 2.25. The number of carbonyl (C=O) groups excluding carboxylic acids is 1. The first-order chi connectivity index (χ1) is 16.8. The van der Waals surface area contributed by atoms with Gasteiger partial charge in [0, 0.05) is 23.0 Å². The molecular formula is C25H18N4O5S. The summed E-state index contributed by atoms with van der Waals surface area (Å²) in [6.07, 6.45) is 1.45. The van der Waals surface area contributed by atoms with Crippen LogP contribution >= 0.6 is 0 Å². The molecule has 0 aliphatic carbocycles. The predicted octanol–water partition coefficient (Wildman–Crippen LogP) is 4.10. The Morgan fingerprint density at radius 2 is 1.71 bits per heavy atom. The van der Waals surface area contributed by atoms with E-state index in [1.54, 1.807) is 19.1 Å². The Bertz CT molecular complexity index is 1760. The lowest BCUT2D eigenvalue weighted by Crippen LogP contribution is -2.21. The molecular weight excluding hydrogens is 468 g/mol. The molecule has 2 aromatic heterocycles. The van der Waals surface area contributed by atoms with Crippen LogP contribution in [0.5, 0.6) is 0 Å². The summed E-state index contributed by atoms with van der Waals surface area (Å²) in [6.45, 7) is 1.72. The van der Waals surface area contributed by atoms with Gasteiger partial charge in [0.15, 0.2) is 0 Å². The van der Waals surface area contributed by atoms with Gasteiger partial charge in [-0.15, -0.1) is 0 Å². The van der Waals surface area contributed by atoms with Crippen molar-refractivity contribution in [2.75, 3.05) is 10.0 Å². The number of aromatic nitrogens is 2. The third-order valence-electron chi connectivity index (χ3n) is 5.33. The molecule has 0 saturated heterocycles. The van der Waals surface area contributed by atoms with Gasteiger partial charge in [-0.2, -0.15) is 0 Å². The van der Waals surface area contributed by atoms with E-state index in [4.69, 9.17) is 4.42 Å². The molecule has 10 heteroatoms. The van der Waals surface area contributed by atoms with Gasteiger partial charge in [0.05, 0.1) is 4.90 Å². The van der Waals surface area contributed by atoms with Crippen molar-refractivity contribution in [2.45, 2.75) is 11.8 Å². The van der Waals surface area contributed by atoms with Gasteiger partial charge in [-0.3, -0.25) is 4.79 Å². The van der Waals surface area contributed by atoms with E-state index >= 15 is 0 Å². The minimum atomic E-state index is -3.93. The molecule has 0 radical (unpaired) electrons. The number of nitrogens with one attached hydrogen (secondary N) is 2. The lowest BCUT2D eigenvalue weighted by atomic mass is 10.0. The molecule has 2 N–H and O–H groups in total. The van der Waals surface area contributed by atoms with Crippen molar-refractivity contribution in [3.8, 4) is 0 Å². The fraction of sp³-hybridized carbons (Fsp3) is 0.0400. The smallest absolute Gasteiger partial charge is 0.349 e. The van der Waals surface area contributed by atoms with Crippen molar-refractivity contribution in [3.63, 3.8) is 0 Å². The molecule has 35 heavy (non-hydrogen) atoms. The summed E-state index contributed by atoms with van der Waals surface area (Å²) in [4.78, 5) is 33.2. The molecule has 0 spiro atoms. The zero-order chi connectivity index (χ0) is 24.6. The number of rotatable bonds is 5. The van der Waals surface area contributed by atoms with E-state index < -0.39 is 21.6 Å². The lowest BCUT2D eigenvalue weighted by Gasteiger charge is -2.09. The summed E-state index contributed by atoms with van der Waals surface area (Å²) in [5.41, 5.74) is 0.362. The van der Waals surface area contributed by atoms with Crippen LogP contribution in [0.25, 0.3) is 21.7 Å². The molecule has 174 valence electrons. The number of sulfonamides is 1. The second-order valence-electron chi connectivity index (χ2n) is 7.75. The first kappa shape index (κ1) is 22.2. The molecule has 0 saturated carbocycles. The van der Waals surface area contributed by atoms with Gasteiger partial charge in [-0.25, -0.2) is 27.9 Å². The van der Waals surface area contributed by atoms with Gasteiger partial charge >= 0.3 is 5.63 Å². The van der Waals surface area contributed by atoms with Crippen LogP contribution in [0, 0.1) is 6.92 Å². The Balaban J connectivity index is 1.40. The summed E-state index contributed by atoms with van der Waals surface area (Å²) in [5.74, 6) is -0.714. The fourth-order valence-electron chi connectivity index (χ4n) is 3.62. The third-order valence-corrected chi connectivity index (χ3v) is 6.67. The van der Waals surface area contributed by atoms with E-state index in [2.05, 4.69) is 20.0 Å². The molecule has 3 aromatic carbocycles. The number of anilines is 2.